The molecule has 1 unspecified atom stereocenters. The van der Waals surface area contributed by atoms with Crippen LogP contribution in [0.25, 0.3) is 0 Å². The van der Waals surface area contributed by atoms with Crippen LogP contribution in [0.15, 0.2) is 24.3 Å². The van der Waals surface area contributed by atoms with Crippen LogP contribution in [-0.2, 0) is 4.79 Å². The molecule has 5 heteroatoms. The van der Waals surface area contributed by atoms with Gasteiger partial charge in [0.2, 0.25) is 5.91 Å². The van der Waals surface area contributed by atoms with Gasteiger partial charge in [-0.15, -0.1) is 0 Å². The van der Waals surface area contributed by atoms with Gasteiger partial charge in [-0.1, -0.05) is 12.1 Å². The van der Waals surface area contributed by atoms with Crippen LogP contribution in [0.2, 0.25) is 0 Å². The van der Waals surface area contributed by atoms with Crippen molar-refractivity contribution < 1.29 is 14.3 Å². The first-order valence-electron chi connectivity index (χ1n) is 7.32. The molecular weight excluding hydrogens is 268 g/mol. The highest BCUT2D eigenvalue weighted by molar-refractivity contribution is 5.96. The number of carbonyl (C=O) groups is 2. The van der Waals surface area contributed by atoms with Gasteiger partial charge in [-0.05, 0) is 38.4 Å². The van der Waals surface area contributed by atoms with Crippen LogP contribution in [0.4, 0.5) is 0 Å². The lowest BCUT2D eigenvalue weighted by molar-refractivity contribution is -0.123. The zero-order chi connectivity index (χ0) is 15.2. The predicted octanol–water partition coefficient (Wildman–Crippen LogP) is 1.47. The molecule has 0 aliphatic carbocycles. The average Bonchev–Trinajstić information content (AvgIpc) is 2.48. The zero-order valence-electron chi connectivity index (χ0n) is 12.4. The second kappa shape index (κ2) is 7.22. The van der Waals surface area contributed by atoms with Gasteiger partial charge in [-0.3, -0.25) is 14.5 Å². The van der Waals surface area contributed by atoms with Crippen molar-refractivity contribution in [3.05, 3.63) is 29.8 Å². The van der Waals surface area contributed by atoms with Crippen molar-refractivity contribution in [3.63, 3.8) is 0 Å². The molecule has 1 amide bonds. The van der Waals surface area contributed by atoms with Crippen molar-refractivity contribution in [2.75, 3.05) is 26.2 Å². The maximum atomic E-state index is 11.5. The van der Waals surface area contributed by atoms with E-state index in [1.807, 2.05) is 12.1 Å². The molecule has 0 radical (unpaired) electrons. The van der Waals surface area contributed by atoms with Gasteiger partial charge >= 0.3 is 0 Å². The summed E-state index contributed by atoms with van der Waals surface area (Å²) < 4.78 is 5.72. The van der Waals surface area contributed by atoms with Crippen molar-refractivity contribution in [2.24, 2.45) is 11.7 Å². The van der Waals surface area contributed by atoms with Crippen LogP contribution in [0.5, 0.6) is 5.75 Å². The molecule has 1 saturated heterocycles. The van der Waals surface area contributed by atoms with E-state index in [0.717, 1.165) is 25.9 Å². The van der Waals surface area contributed by atoms with Crippen molar-refractivity contribution in [2.45, 2.75) is 19.8 Å². The van der Waals surface area contributed by atoms with Crippen LogP contribution >= 0.6 is 0 Å². The number of hydrogen-bond acceptors (Lipinski definition) is 4. The Morgan fingerprint density at radius 3 is 2.86 bits per heavy atom. The summed E-state index contributed by atoms with van der Waals surface area (Å²) in [4.78, 5) is 24.9. The molecule has 0 saturated carbocycles. The van der Waals surface area contributed by atoms with Crippen molar-refractivity contribution >= 4 is 11.7 Å². The fourth-order valence-electron chi connectivity index (χ4n) is 2.66. The molecular formula is C16H22N2O3. The number of primary amides is 1. The van der Waals surface area contributed by atoms with E-state index < -0.39 is 0 Å². The molecule has 1 fully saturated rings. The minimum atomic E-state index is -0.220. The Hall–Kier alpha value is -1.88. The summed E-state index contributed by atoms with van der Waals surface area (Å²) in [6.45, 7) is 4.42. The molecule has 1 atom stereocenters. The van der Waals surface area contributed by atoms with Crippen LogP contribution in [-0.4, -0.2) is 42.8 Å². The highest BCUT2D eigenvalue weighted by Gasteiger charge is 2.23. The molecule has 0 aromatic heterocycles. The number of benzene rings is 1. The summed E-state index contributed by atoms with van der Waals surface area (Å²) in [5.74, 6) is 0.344. The number of ketones is 1. The van der Waals surface area contributed by atoms with Crippen molar-refractivity contribution in [1.29, 1.82) is 0 Å². The Labute approximate surface area is 125 Å². The highest BCUT2D eigenvalue weighted by atomic mass is 16.5. The first-order chi connectivity index (χ1) is 10.1. The standard InChI is InChI=1S/C16H22N2O3/c1-12(19)14-6-2-3-7-15(14)21-10-9-18-8-4-5-13(11-18)16(17)20/h2-3,6-7,13H,4-5,8-11H2,1H3,(H2,17,20). The minimum Gasteiger partial charge on any atom is -0.491 e. The second-order valence-electron chi connectivity index (χ2n) is 5.44. The zero-order valence-corrected chi connectivity index (χ0v) is 12.4. The molecule has 1 aromatic rings. The Balaban J connectivity index is 1.84. The molecule has 1 aliphatic rings. The summed E-state index contributed by atoms with van der Waals surface area (Å²) in [5.41, 5.74) is 5.97. The van der Waals surface area contributed by atoms with Crippen molar-refractivity contribution in [1.82, 2.24) is 4.90 Å². The molecule has 0 bridgehead atoms. The number of hydrogen-bond donors (Lipinski definition) is 1. The van der Waals surface area contributed by atoms with E-state index in [-0.39, 0.29) is 17.6 Å². The third-order valence-electron chi connectivity index (χ3n) is 3.84. The maximum Gasteiger partial charge on any atom is 0.221 e. The van der Waals surface area contributed by atoms with E-state index in [4.69, 9.17) is 10.5 Å². The molecule has 1 heterocycles. The first kappa shape index (κ1) is 15.5. The number of para-hydroxylation sites is 1. The van der Waals surface area contributed by atoms with Gasteiger partial charge in [0.25, 0.3) is 0 Å². The van der Waals surface area contributed by atoms with E-state index in [9.17, 15) is 9.59 Å². The van der Waals surface area contributed by atoms with Gasteiger partial charge in [0.15, 0.2) is 5.78 Å². The Morgan fingerprint density at radius 1 is 1.38 bits per heavy atom. The molecule has 0 spiro atoms. The molecule has 1 aliphatic heterocycles. The summed E-state index contributed by atoms with van der Waals surface area (Å²) in [7, 11) is 0. The Kier molecular flexibility index (Phi) is 5.33. The Bertz CT molecular complexity index is 516. The Morgan fingerprint density at radius 2 is 2.14 bits per heavy atom. The van der Waals surface area contributed by atoms with E-state index in [1.54, 1.807) is 12.1 Å². The average molecular weight is 290 g/mol. The van der Waals surface area contributed by atoms with E-state index in [2.05, 4.69) is 4.90 Å². The number of nitrogens with two attached hydrogens (primary N) is 1. The van der Waals surface area contributed by atoms with Gasteiger partial charge in [0.05, 0.1) is 11.5 Å². The third kappa shape index (κ3) is 4.29. The van der Waals surface area contributed by atoms with Crippen molar-refractivity contribution in [3.8, 4) is 5.75 Å². The van der Waals surface area contributed by atoms with Gasteiger partial charge < -0.3 is 10.5 Å². The molecule has 1 aromatic carbocycles. The van der Waals surface area contributed by atoms with Gasteiger partial charge in [0.1, 0.15) is 12.4 Å². The molecule has 5 nitrogen and oxygen atoms in total. The van der Waals surface area contributed by atoms with Gasteiger partial charge in [0, 0.05) is 13.1 Å². The number of ether oxygens (including phenoxy) is 1. The smallest absolute Gasteiger partial charge is 0.221 e. The summed E-state index contributed by atoms with van der Waals surface area (Å²) in [6, 6.07) is 7.25. The fourth-order valence-corrected chi connectivity index (χ4v) is 2.66. The van der Waals surface area contributed by atoms with Gasteiger partial charge in [-0.25, -0.2) is 0 Å². The number of rotatable bonds is 6. The number of amides is 1. The quantitative estimate of drug-likeness (QED) is 0.805. The van der Waals surface area contributed by atoms with Crippen LogP contribution in [0.3, 0.4) is 0 Å². The third-order valence-corrected chi connectivity index (χ3v) is 3.84. The van der Waals surface area contributed by atoms with E-state index in [0.29, 0.717) is 24.5 Å². The maximum absolute atomic E-state index is 11.5. The number of likely N-dealkylation sites (tertiary alicyclic amines) is 1. The summed E-state index contributed by atoms with van der Waals surface area (Å²) in [6.07, 6.45) is 1.86. The highest BCUT2D eigenvalue weighted by Crippen LogP contribution is 2.19. The number of piperidine rings is 1. The number of Topliss-reactive ketones (excluding diaryl/α,β-unsaturated/α-hetero) is 1. The minimum absolute atomic E-state index is 0.00244. The SMILES string of the molecule is CC(=O)c1ccccc1OCCN1CCCC(C(N)=O)C1. The fraction of sp³-hybridized carbons (Fsp3) is 0.500. The largest absolute Gasteiger partial charge is 0.491 e. The second-order valence-corrected chi connectivity index (χ2v) is 5.44. The molecule has 2 N–H and O–H groups in total. The molecule has 114 valence electrons. The summed E-state index contributed by atoms with van der Waals surface area (Å²) in [5, 5.41) is 0. The van der Waals surface area contributed by atoms with Crippen LogP contribution < -0.4 is 10.5 Å². The normalized spacial score (nSPS) is 19.2. The predicted molar refractivity (Wildman–Crippen MR) is 80.3 cm³/mol. The van der Waals surface area contributed by atoms with E-state index in [1.165, 1.54) is 6.92 Å². The van der Waals surface area contributed by atoms with Crippen LogP contribution in [0, 0.1) is 5.92 Å². The number of carbonyl (C=O) groups excluding carboxylic acids is 2. The van der Waals surface area contributed by atoms with Crippen LogP contribution in [0.1, 0.15) is 30.1 Å². The lowest BCUT2D eigenvalue weighted by Gasteiger charge is -2.30. The van der Waals surface area contributed by atoms with E-state index >= 15 is 0 Å². The first-order valence-corrected chi connectivity index (χ1v) is 7.32. The molecule has 21 heavy (non-hydrogen) atoms. The lowest BCUT2D eigenvalue weighted by Crippen LogP contribution is -2.42. The number of nitrogens with zero attached hydrogens (tertiary/aromatic N) is 1. The topological polar surface area (TPSA) is 72.6 Å². The monoisotopic (exact) mass is 290 g/mol. The molecule has 2 rings (SSSR count). The summed E-state index contributed by atoms with van der Waals surface area (Å²) >= 11 is 0. The van der Waals surface area contributed by atoms with Gasteiger partial charge in [-0.2, -0.15) is 0 Å². The lowest BCUT2D eigenvalue weighted by atomic mass is 9.98.